The Balaban J connectivity index is 1.97. The van der Waals surface area contributed by atoms with Crippen LogP contribution in [0.15, 0.2) is 18.3 Å². The molecule has 2 N–H and O–H groups in total. The Bertz CT molecular complexity index is 428. The van der Waals surface area contributed by atoms with Crippen molar-refractivity contribution < 1.29 is 8.42 Å². The molecular weight excluding hydrogens is 228 g/mol. The third kappa shape index (κ3) is 3.14. The topological polar surface area (TPSA) is 84.0 Å². The minimum atomic E-state index is -3.33. The van der Waals surface area contributed by atoms with Crippen LogP contribution in [0, 0.1) is 0 Å². The van der Waals surface area contributed by atoms with Gasteiger partial charge in [-0.15, -0.1) is 5.10 Å². The number of anilines is 1. The summed E-state index contributed by atoms with van der Waals surface area (Å²) in [5.41, 5.74) is 0. The molecule has 0 bridgehead atoms. The SMILES string of the molecule is O=S(=O)(CC1CCCN1)Nc1cccnn1. The molecule has 0 spiro atoms. The molecule has 16 heavy (non-hydrogen) atoms. The van der Waals surface area contributed by atoms with Crippen LogP contribution >= 0.6 is 0 Å². The van der Waals surface area contributed by atoms with Crippen molar-refractivity contribution in [2.24, 2.45) is 0 Å². The summed E-state index contributed by atoms with van der Waals surface area (Å²) in [4.78, 5) is 0. The van der Waals surface area contributed by atoms with Crippen molar-refractivity contribution in [1.29, 1.82) is 0 Å². The second kappa shape index (κ2) is 4.75. The predicted molar refractivity (Wildman–Crippen MR) is 60.5 cm³/mol. The number of sulfonamides is 1. The van der Waals surface area contributed by atoms with Crippen LogP contribution in [0.4, 0.5) is 5.82 Å². The largest absolute Gasteiger partial charge is 0.313 e. The second-order valence-corrected chi connectivity index (χ2v) is 5.55. The van der Waals surface area contributed by atoms with Crippen LogP contribution < -0.4 is 10.0 Å². The van der Waals surface area contributed by atoms with Gasteiger partial charge in [-0.2, -0.15) is 5.10 Å². The zero-order chi connectivity index (χ0) is 11.4. The highest BCUT2D eigenvalue weighted by Crippen LogP contribution is 2.09. The molecule has 1 aromatic heterocycles. The van der Waals surface area contributed by atoms with E-state index in [4.69, 9.17) is 0 Å². The van der Waals surface area contributed by atoms with Gasteiger partial charge in [0, 0.05) is 12.2 Å². The first-order chi connectivity index (χ1) is 7.66. The van der Waals surface area contributed by atoms with Gasteiger partial charge in [0.25, 0.3) is 0 Å². The number of hydrogen-bond acceptors (Lipinski definition) is 5. The van der Waals surface area contributed by atoms with Crippen molar-refractivity contribution >= 4 is 15.8 Å². The molecule has 1 aliphatic rings. The smallest absolute Gasteiger partial charge is 0.235 e. The first kappa shape index (κ1) is 11.3. The molecule has 88 valence electrons. The Kier molecular flexibility index (Phi) is 3.35. The fraction of sp³-hybridized carbons (Fsp3) is 0.556. The molecule has 2 rings (SSSR count). The summed E-state index contributed by atoms with van der Waals surface area (Å²) in [6.45, 7) is 0.894. The van der Waals surface area contributed by atoms with E-state index in [1.165, 1.54) is 6.20 Å². The highest BCUT2D eigenvalue weighted by Gasteiger charge is 2.22. The number of nitrogens with zero attached hydrogens (tertiary/aromatic N) is 2. The molecule has 1 atom stereocenters. The van der Waals surface area contributed by atoms with Crippen LogP contribution in [0.3, 0.4) is 0 Å². The molecule has 0 amide bonds. The quantitative estimate of drug-likeness (QED) is 0.774. The highest BCUT2D eigenvalue weighted by atomic mass is 32.2. The molecule has 1 aliphatic heterocycles. The van der Waals surface area contributed by atoms with Crippen LogP contribution in [0.2, 0.25) is 0 Å². The van der Waals surface area contributed by atoms with Crippen LogP contribution in [0.25, 0.3) is 0 Å². The number of aromatic nitrogens is 2. The molecule has 0 aliphatic carbocycles. The summed E-state index contributed by atoms with van der Waals surface area (Å²) < 4.78 is 25.9. The van der Waals surface area contributed by atoms with Gasteiger partial charge in [-0.3, -0.25) is 4.72 Å². The van der Waals surface area contributed by atoms with Crippen molar-refractivity contribution in [3.63, 3.8) is 0 Å². The average Bonchev–Trinajstić information content (AvgIpc) is 2.70. The van der Waals surface area contributed by atoms with Crippen molar-refractivity contribution in [3.05, 3.63) is 18.3 Å². The van der Waals surface area contributed by atoms with Gasteiger partial charge in [-0.05, 0) is 31.5 Å². The van der Waals surface area contributed by atoms with Gasteiger partial charge in [0.1, 0.15) is 0 Å². The molecule has 1 saturated heterocycles. The predicted octanol–water partition coefficient (Wildman–Crippen LogP) is -0.0297. The van der Waals surface area contributed by atoms with Gasteiger partial charge >= 0.3 is 0 Å². The first-order valence-corrected chi connectivity index (χ1v) is 6.82. The van der Waals surface area contributed by atoms with E-state index in [1.807, 2.05) is 0 Å². The Hall–Kier alpha value is -1.21. The highest BCUT2D eigenvalue weighted by molar-refractivity contribution is 7.92. The van der Waals surface area contributed by atoms with E-state index >= 15 is 0 Å². The maximum Gasteiger partial charge on any atom is 0.235 e. The molecule has 0 radical (unpaired) electrons. The van der Waals surface area contributed by atoms with Gasteiger partial charge in [0.2, 0.25) is 10.0 Å². The molecule has 0 saturated carbocycles. The van der Waals surface area contributed by atoms with Gasteiger partial charge < -0.3 is 5.32 Å². The number of rotatable bonds is 4. The van der Waals surface area contributed by atoms with Crippen molar-refractivity contribution in [1.82, 2.24) is 15.5 Å². The average molecular weight is 242 g/mol. The normalized spacial score (nSPS) is 20.9. The van der Waals surface area contributed by atoms with E-state index in [-0.39, 0.29) is 17.6 Å². The molecular formula is C9H14N4O2S. The van der Waals surface area contributed by atoms with E-state index in [0.717, 1.165) is 19.4 Å². The summed E-state index contributed by atoms with van der Waals surface area (Å²) in [6, 6.07) is 3.26. The van der Waals surface area contributed by atoms with Gasteiger partial charge in [-0.25, -0.2) is 8.42 Å². The molecule has 1 fully saturated rings. The Morgan fingerprint density at radius 3 is 3.06 bits per heavy atom. The lowest BCUT2D eigenvalue weighted by Crippen LogP contribution is -2.33. The fourth-order valence-corrected chi connectivity index (χ4v) is 3.05. The zero-order valence-electron chi connectivity index (χ0n) is 8.76. The lowest BCUT2D eigenvalue weighted by molar-refractivity contribution is 0.581. The molecule has 2 heterocycles. The van der Waals surface area contributed by atoms with Gasteiger partial charge in [0.05, 0.1) is 5.75 Å². The lowest BCUT2D eigenvalue weighted by atomic mass is 10.3. The molecule has 1 unspecified atom stereocenters. The minimum absolute atomic E-state index is 0.0502. The Morgan fingerprint density at radius 1 is 1.56 bits per heavy atom. The molecule has 1 aromatic rings. The third-order valence-corrected chi connectivity index (χ3v) is 3.78. The standard InChI is InChI=1S/C9H14N4O2S/c14-16(15,7-8-3-1-5-10-8)13-9-4-2-6-11-12-9/h2,4,6,8,10H,1,3,5,7H2,(H,12,13). The monoisotopic (exact) mass is 242 g/mol. The van der Waals surface area contributed by atoms with E-state index < -0.39 is 10.0 Å². The zero-order valence-corrected chi connectivity index (χ0v) is 9.57. The lowest BCUT2D eigenvalue weighted by Gasteiger charge is -2.11. The van der Waals surface area contributed by atoms with Gasteiger partial charge in [-0.1, -0.05) is 0 Å². The summed E-state index contributed by atoms with van der Waals surface area (Å²) in [7, 11) is -3.33. The summed E-state index contributed by atoms with van der Waals surface area (Å²) >= 11 is 0. The van der Waals surface area contributed by atoms with Crippen LogP contribution in [-0.4, -0.2) is 37.0 Å². The maximum atomic E-state index is 11.7. The minimum Gasteiger partial charge on any atom is -0.313 e. The van der Waals surface area contributed by atoms with Crippen LogP contribution in [0.5, 0.6) is 0 Å². The van der Waals surface area contributed by atoms with Crippen LogP contribution in [0.1, 0.15) is 12.8 Å². The third-order valence-electron chi connectivity index (χ3n) is 2.42. The van der Waals surface area contributed by atoms with E-state index in [0.29, 0.717) is 0 Å². The van der Waals surface area contributed by atoms with Crippen molar-refractivity contribution in [3.8, 4) is 0 Å². The fourth-order valence-electron chi connectivity index (χ4n) is 1.72. The maximum absolute atomic E-state index is 11.7. The van der Waals surface area contributed by atoms with E-state index in [2.05, 4.69) is 20.2 Å². The molecule has 0 aromatic carbocycles. The Morgan fingerprint density at radius 2 is 2.44 bits per heavy atom. The summed E-state index contributed by atoms with van der Waals surface area (Å²) in [6.07, 6.45) is 3.43. The molecule has 6 nitrogen and oxygen atoms in total. The van der Waals surface area contributed by atoms with E-state index in [1.54, 1.807) is 12.1 Å². The number of nitrogens with one attached hydrogen (secondary N) is 2. The second-order valence-electron chi connectivity index (χ2n) is 3.79. The number of hydrogen-bond donors (Lipinski definition) is 2. The van der Waals surface area contributed by atoms with Crippen molar-refractivity contribution in [2.75, 3.05) is 17.0 Å². The Labute approximate surface area is 94.5 Å². The molecule has 7 heteroatoms. The van der Waals surface area contributed by atoms with Gasteiger partial charge in [0.15, 0.2) is 5.82 Å². The van der Waals surface area contributed by atoms with Crippen LogP contribution in [-0.2, 0) is 10.0 Å². The summed E-state index contributed by atoms with van der Waals surface area (Å²) in [5.74, 6) is 0.351. The van der Waals surface area contributed by atoms with E-state index in [9.17, 15) is 8.42 Å². The first-order valence-electron chi connectivity index (χ1n) is 5.17. The summed E-state index contributed by atoms with van der Waals surface area (Å²) in [5, 5.41) is 10.4. The van der Waals surface area contributed by atoms with Crippen molar-refractivity contribution in [2.45, 2.75) is 18.9 Å².